The molecule has 2 rings (SSSR count). The fourth-order valence-corrected chi connectivity index (χ4v) is 4.12. The largest absolute Gasteiger partial charge is 0.464 e. The van der Waals surface area contributed by atoms with Crippen LogP contribution >= 0.6 is 34.8 Å². The quantitative estimate of drug-likeness (QED) is 0.568. The van der Waals surface area contributed by atoms with E-state index in [0.717, 1.165) is 25.7 Å². The Kier molecular flexibility index (Phi) is 5.25. The molecule has 0 aromatic rings. The number of rotatable bonds is 3. The molecule has 20 heavy (non-hydrogen) atoms. The maximum absolute atomic E-state index is 12.2. The van der Waals surface area contributed by atoms with E-state index in [4.69, 9.17) is 39.5 Å². The lowest BCUT2D eigenvalue weighted by Gasteiger charge is -2.38. The zero-order chi connectivity index (χ0) is 14.8. The van der Waals surface area contributed by atoms with E-state index in [1.807, 2.05) is 0 Å². The molecule has 0 radical (unpaired) electrons. The van der Waals surface area contributed by atoms with Crippen LogP contribution in [0.1, 0.15) is 51.9 Å². The van der Waals surface area contributed by atoms with Gasteiger partial charge in [0.25, 0.3) is 0 Å². The number of esters is 1. The first-order valence-electron chi connectivity index (χ1n) is 7.23. The Balaban J connectivity index is 2.34. The zero-order valence-corrected chi connectivity index (χ0v) is 13.9. The molecule has 6 heteroatoms. The van der Waals surface area contributed by atoms with Gasteiger partial charge in [0, 0.05) is 0 Å². The van der Waals surface area contributed by atoms with Gasteiger partial charge in [-0.3, -0.25) is 4.99 Å². The van der Waals surface area contributed by atoms with Crippen LogP contribution in [0.5, 0.6) is 0 Å². The first-order chi connectivity index (χ1) is 9.40. The average Bonchev–Trinajstić information content (AvgIpc) is 2.87. The van der Waals surface area contributed by atoms with Crippen molar-refractivity contribution in [1.29, 1.82) is 0 Å². The summed E-state index contributed by atoms with van der Waals surface area (Å²) in [4.78, 5) is 15.6. The molecule has 2 aliphatic carbocycles. The van der Waals surface area contributed by atoms with Crippen LogP contribution in [-0.4, -0.2) is 33.5 Å². The Hall–Kier alpha value is 0.01000. The van der Waals surface area contributed by atoms with E-state index in [1.54, 1.807) is 6.92 Å². The summed E-state index contributed by atoms with van der Waals surface area (Å²) in [5, 5.41) is 0. The lowest BCUT2D eigenvalue weighted by atomic mass is 9.85. The van der Waals surface area contributed by atoms with Crippen molar-refractivity contribution in [1.82, 2.24) is 0 Å². The number of nitrogens with zero attached hydrogens (tertiary/aromatic N) is 1. The Bertz CT molecular complexity index is 405. The second-order valence-electron chi connectivity index (χ2n) is 5.50. The van der Waals surface area contributed by atoms with Gasteiger partial charge in [-0.25, -0.2) is 4.79 Å². The van der Waals surface area contributed by atoms with Gasteiger partial charge in [0.2, 0.25) is 0 Å². The van der Waals surface area contributed by atoms with E-state index in [-0.39, 0.29) is 12.6 Å². The zero-order valence-electron chi connectivity index (χ0n) is 11.6. The summed E-state index contributed by atoms with van der Waals surface area (Å²) in [6.07, 6.45) is 6.02. The SMILES string of the molecule is CCOC(=O)C1(Cl)CCCC(Cl)(Cl)C1=NC1CCCC1. The third-order valence-electron chi connectivity index (χ3n) is 3.97. The van der Waals surface area contributed by atoms with Crippen LogP contribution in [0.4, 0.5) is 0 Å². The van der Waals surface area contributed by atoms with Crippen molar-refractivity contribution in [3.63, 3.8) is 0 Å². The molecule has 1 atom stereocenters. The first kappa shape index (κ1) is 16.4. The van der Waals surface area contributed by atoms with E-state index in [9.17, 15) is 4.79 Å². The van der Waals surface area contributed by atoms with Gasteiger partial charge in [-0.15, -0.1) is 0 Å². The third kappa shape index (κ3) is 3.26. The highest BCUT2D eigenvalue weighted by atomic mass is 35.5. The molecule has 1 unspecified atom stereocenters. The van der Waals surface area contributed by atoms with Gasteiger partial charge < -0.3 is 4.74 Å². The number of ether oxygens (including phenoxy) is 1. The molecular formula is C14H20Cl3NO2. The summed E-state index contributed by atoms with van der Waals surface area (Å²) < 4.78 is 3.93. The van der Waals surface area contributed by atoms with E-state index in [0.29, 0.717) is 25.0 Å². The number of aliphatic imine (C=N–C) groups is 1. The third-order valence-corrected chi connectivity index (χ3v) is 5.23. The molecule has 3 nitrogen and oxygen atoms in total. The number of alkyl halides is 3. The molecule has 0 N–H and O–H groups in total. The van der Waals surface area contributed by atoms with Crippen LogP contribution in [0.15, 0.2) is 4.99 Å². The van der Waals surface area contributed by atoms with E-state index >= 15 is 0 Å². The minimum atomic E-state index is -1.31. The van der Waals surface area contributed by atoms with Crippen molar-refractivity contribution in [2.45, 2.75) is 67.1 Å². The van der Waals surface area contributed by atoms with Crippen molar-refractivity contribution in [3.05, 3.63) is 0 Å². The molecule has 0 heterocycles. The minimum absolute atomic E-state index is 0.174. The van der Waals surface area contributed by atoms with E-state index in [1.165, 1.54) is 0 Å². The molecule has 0 aromatic heterocycles. The van der Waals surface area contributed by atoms with Gasteiger partial charge in [0.05, 0.1) is 18.4 Å². The molecule has 2 aliphatic rings. The highest BCUT2D eigenvalue weighted by molar-refractivity contribution is 6.65. The number of halogens is 3. The highest BCUT2D eigenvalue weighted by Crippen LogP contribution is 2.45. The molecule has 2 saturated carbocycles. The first-order valence-corrected chi connectivity index (χ1v) is 8.36. The van der Waals surface area contributed by atoms with Crippen LogP contribution in [0, 0.1) is 0 Å². The lowest BCUT2D eigenvalue weighted by molar-refractivity contribution is -0.144. The van der Waals surface area contributed by atoms with Gasteiger partial charge in [-0.05, 0) is 39.0 Å². The van der Waals surface area contributed by atoms with Gasteiger partial charge in [0.1, 0.15) is 0 Å². The number of carbonyl (C=O) groups is 1. The Morgan fingerprint density at radius 3 is 2.50 bits per heavy atom. The number of carbonyl (C=O) groups excluding carboxylic acids is 1. The minimum Gasteiger partial charge on any atom is -0.464 e. The summed E-state index contributed by atoms with van der Waals surface area (Å²) in [5.74, 6) is -0.483. The molecule has 114 valence electrons. The predicted molar refractivity (Wildman–Crippen MR) is 83.2 cm³/mol. The summed E-state index contributed by atoms with van der Waals surface area (Å²) in [5.41, 5.74) is 0.395. The van der Waals surface area contributed by atoms with E-state index < -0.39 is 15.2 Å². The van der Waals surface area contributed by atoms with Crippen molar-refractivity contribution < 1.29 is 9.53 Å². The lowest BCUT2D eigenvalue weighted by Crippen LogP contribution is -2.53. The monoisotopic (exact) mass is 339 g/mol. The average molecular weight is 341 g/mol. The van der Waals surface area contributed by atoms with E-state index in [2.05, 4.69) is 4.99 Å². The van der Waals surface area contributed by atoms with Crippen LogP contribution in [0.2, 0.25) is 0 Å². The Morgan fingerprint density at radius 2 is 1.90 bits per heavy atom. The standard InChI is InChI=1S/C14H20Cl3NO2/c1-2-20-12(19)13(15)8-5-9-14(16,17)11(13)18-10-6-3-4-7-10/h10H,2-9H2,1H3. The summed E-state index contributed by atoms with van der Waals surface area (Å²) in [7, 11) is 0. The van der Waals surface area contributed by atoms with Crippen molar-refractivity contribution in [3.8, 4) is 0 Å². The molecule has 0 bridgehead atoms. The predicted octanol–water partition coefficient (Wildman–Crippen LogP) is 4.27. The smallest absolute Gasteiger partial charge is 0.333 e. The highest BCUT2D eigenvalue weighted by Gasteiger charge is 2.54. The van der Waals surface area contributed by atoms with Crippen LogP contribution in [0.25, 0.3) is 0 Å². The Labute approximate surface area is 135 Å². The van der Waals surface area contributed by atoms with Gasteiger partial charge in [-0.1, -0.05) is 47.6 Å². The maximum Gasteiger partial charge on any atom is 0.333 e. The van der Waals surface area contributed by atoms with Crippen LogP contribution in [0.3, 0.4) is 0 Å². The Morgan fingerprint density at radius 1 is 1.25 bits per heavy atom. The molecule has 0 saturated heterocycles. The second-order valence-corrected chi connectivity index (χ2v) is 7.62. The van der Waals surface area contributed by atoms with Crippen LogP contribution < -0.4 is 0 Å². The second kappa shape index (κ2) is 6.41. The maximum atomic E-state index is 12.2. The van der Waals surface area contributed by atoms with Crippen molar-refractivity contribution in [2.24, 2.45) is 4.99 Å². The molecule has 2 fully saturated rings. The van der Waals surface area contributed by atoms with Crippen LogP contribution in [-0.2, 0) is 9.53 Å². The molecular weight excluding hydrogens is 321 g/mol. The summed E-state index contributed by atoms with van der Waals surface area (Å²) in [6, 6.07) is 0.174. The molecule has 0 amide bonds. The summed E-state index contributed by atoms with van der Waals surface area (Å²) >= 11 is 19.3. The van der Waals surface area contributed by atoms with Gasteiger partial charge in [-0.2, -0.15) is 0 Å². The molecule has 0 aliphatic heterocycles. The fourth-order valence-electron chi connectivity index (χ4n) is 2.94. The summed E-state index contributed by atoms with van der Waals surface area (Å²) in [6.45, 7) is 2.03. The molecule has 0 aromatic carbocycles. The topological polar surface area (TPSA) is 38.7 Å². The number of hydrogen-bond acceptors (Lipinski definition) is 3. The van der Waals surface area contributed by atoms with Gasteiger partial charge in [0.15, 0.2) is 9.21 Å². The van der Waals surface area contributed by atoms with Gasteiger partial charge >= 0.3 is 5.97 Å². The fraction of sp³-hybridized carbons (Fsp3) is 0.857. The normalized spacial score (nSPS) is 32.5. The molecule has 0 spiro atoms. The van der Waals surface area contributed by atoms with Crippen molar-refractivity contribution in [2.75, 3.05) is 6.61 Å². The van der Waals surface area contributed by atoms with Crippen molar-refractivity contribution >= 4 is 46.5 Å². The number of hydrogen-bond donors (Lipinski definition) is 0.